The predicted molar refractivity (Wildman–Crippen MR) is 83.1 cm³/mol. The molecule has 0 spiro atoms. The summed E-state index contributed by atoms with van der Waals surface area (Å²) in [6, 6.07) is 7.41. The first-order chi connectivity index (χ1) is 10.6. The van der Waals surface area contributed by atoms with Crippen LogP contribution in [0.15, 0.2) is 38.3 Å². The van der Waals surface area contributed by atoms with Gasteiger partial charge in [0.05, 0.1) is 18.3 Å². The monoisotopic (exact) mass is 363 g/mol. The lowest BCUT2D eigenvalue weighted by molar-refractivity contribution is -0.123. The van der Waals surface area contributed by atoms with Crippen molar-refractivity contribution in [1.29, 1.82) is 0 Å². The molecule has 1 amide bonds. The second kappa shape index (κ2) is 6.37. The van der Waals surface area contributed by atoms with Gasteiger partial charge >= 0.3 is 0 Å². The zero-order chi connectivity index (χ0) is 15.5. The lowest BCUT2D eigenvalue weighted by atomic mass is 10.0. The molecule has 1 aromatic heterocycles. The van der Waals surface area contributed by atoms with Crippen molar-refractivity contribution in [2.24, 2.45) is 5.10 Å². The maximum Gasteiger partial charge on any atom is 0.257 e. The molecule has 3 rings (SSSR count). The standard InChI is InChI=1S/C14H14BrN5O2/c1-8-17-19-13(22-8)7-16-12-6-11(18-20-14(12)21)9-2-4-10(15)5-3-9/h2-5,12,16H,6-7H2,1H3,(H,20,21). The molecule has 0 radical (unpaired) electrons. The van der Waals surface area contributed by atoms with E-state index in [1.54, 1.807) is 6.92 Å². The number of halogens is 1. The zero-order valence-corrected chi connectivity index (χ0v) is 13.4. The van der Waals surface area contributed by atoms with Crippen molar-refractivity contribution in [3.63, 3.8) is 0 Å². The van der Waals surface area contributed by atoms with Gasteiger partial charge in [0.25, 0.3) is 5.91 Å². The average Bonchev–Trinajstić information content (AvgIpc) is 2.93. The van der Waals surface area contributed by atoms with Gasteiger partial charge < -0.3 is 4.42 Å². The van der Waals surface area contributed by atoms with Crippen molar-refractivity contribution in [3.8, 4) is 0 Å². The number of benzene rings is 1. The molecule has 2 aromatic rings. The summed E-state index contributed by atoms with van der Waals surface area (Å²) < 4.78 is 6.28. The van der Waals surface area contributed by atoms with Crippen LogP contribution in [0.2, 0.25) is 0 Å². The fourth-order valence-corrected chi connectivity index (χ4v) is 2.41. The highest BCUT2D eigenvalue weighted by Gasteiger charge is 2.25. The molecular weight excluding hydrogens is 350 g/mol. The second-order valence-corrected chi connectivity index (χ2v) is 5.81. The van der Waals surface area contributed by atoms with Crippen LogP contribution in [0.25, 0.3) is 0 Å². The molecule has 114 valence electrons. The van der Waals surface area contributed by atoms with E-state index in [2.05, 4.69) is 42.0 Å². The van der Waals surface area contributed by atoms with E-state index in [0.29, 0.717) is 24.7 Å². The third kappa shape index (κ3) is 3.40. The molecule has 2 heterocycles. The first kappa shape index (κ1) is 14.9. The Bertz CT molecular complexity index is 710. The van der Waals surface area contributed by atoms with Crippen molar-refractivity contribution < 1.29 is 9.21 Å². The lowest BCUT2D eigenvalue weighted by Crippen LogP contribution is -2.47. The van der Waals surface area contributed by atoms with Crippen LogP contribution in [-0.4, -0.2) is 27.9 Å². The molecular formula is C14H14BrN5O2. The number of carbonyl (C=O) groups excluding carboxylic acids is 1. The molecule has 1 unspecified atom stereocenters. The Morgan fingerprint density at radius 3 is 2.82 bits per heavy atom. The molecule has 22 heavy (non-hydrogen) atoms. The SMILES string of the molecule is Cc1nnc(CNC2CC(c3ccc(Br)cc3)=NNC2=O)o1. The van der Waals surface area contributed by atoms with Gasteiger partial charge in [0.2, 0.25) is 11.8 Å². The van der Waals surface area contributed by atoms with Crippen molar-refractivity contribution in [2.45, 2.75) is 25.9 Å². The van der Waals surface area contributed by atoms with Crippen LogP contribution >= 0.6 is 15.9 Å². The highest BCUT2D eigenvalue weighted by molar-refractivity contribution is 9.10. The zero-order valence-electron chi connectivity index (χ0n) is 11.8. The summed E-state index contributed by atoms with van der Waals surface area (Å²) in [6.07, 6.45) is 0.501. The summed E-state index contributed by atoms with van der Waals surface area (Å²) in [5.74, 6) is 0.789. The van der Waals surface area contributed by atoms with E-state index < -0.39 is 0 Å². The number of aryl methyl sites for hydroxylation is 1. The minimum absolute atomic E-state index is 0.169. The first-order valence-electron chi connectivity index (χ1n) is 6.76. The van der Waals surface area contributed by atoms with Crippen molar-refractivity contribution >= 4 is 27.5 Å². The number of hydrogen-bond acceptors (Lipinski definition) is 6. The Labute approximate surface area is 135 Å². The van der Waals surface area contributed by atoms with E-state index in [1.807, 2.05) is 24.3 Å². The number of carbonyl (C=O) groups is 1. The van der Waals surface area contributed by atoms with E-state index in [9.17, 15) is 4.79 Å². The van der Waals surface area contributed by atoms with Crippen molar-refractivity contribution in [2.75, 3.05) is 0 Å². The molecule has 0 fully saturated rings. The molecule has 1 aliphatic heterocycles. The van der Waals surface area contributed by atoms with Gasteiger partial charge in [-0.1, -0.05) is 28.1 Å². The number of amides is 1. The predicted octanol–water partition coefficient (Wildman–Crippen LogP) is 1.52. The fraction of sp³-hybridized carbons (Fsp3) is 0.286. The summed E-state index contributed by atoms with van der Waals surface area (Å²) in [5, 5.41) is 14.9. The van der Waals surface area contributed by atoms with Gasteiger partial charge in [-0.2, -0.15) is 5.10 Å². The number of hydrazone groups is 1. The molecule has 0 saturated carbocycles. The van der Waals surface area contributed by atoms with Crippen LogP contribution in [-0.2, 0) is 11.3 Å². The normalized spacial score (nSPS) is 18.0. The van der Waals surface area contributed by atoms with E-state index in [-0.39, 0.29) is 11.9 Å². The summed E-state index contributed by atoms with van der Waals surface area (Å²) in [6.45, 7) is 2.06. The Kier molecular flexibility index (Phi) is 4.30. The molecule has 1 aliphatic rings. The molecule has 1 atom stereocenters. The van der Waals surface area contributed by atoms with Gasteiger partial charge in [-0.05, 0) is 17.7 Å². The summed E-state index contributed by atoms with van der Waals surface area (Å²) in [5.41, 5.74) is 4.35. The Balaban J connectivity index is 1.67. The topological polar surface area (TPSA) is 92.4 Å². The maximum atomic E-state index is 11.9. The summed E-state index contributed by atoms with van der Waals surface area (Å²) in [4.78, 5) is 11.9. The summed E-state index contributed by atoms with van der Waals surface area (Å²) in [7, 11) is 0. The van der Waals surface area contributed by atoms with Crippen LogP contribution in [0.5, 0.6) is 0 Å². The van der Waals surface area contributed by atoms with Crippen LogP contribution in [0.3, 0.4) is 0 Å². The highest BCUT2D eigenvalue weighted by atomic mass is 79.9. The van der Waals surface area contributed by atoms with Gasteiger partial charge in [0.1, 0.15) is 0 Å². The van der Waals surface area contributed by atoms with Crippen LogP contribution in [0.4, 0.5) is 0 Å². The lowest BCUT2D eigenvalue weighted by Gasteiger charge is -2.22. The molecule has 1 aromatic carbocycles. The first-order valence-corrected chi connectivity index (χ1v) is 7.56. The molecule has 0 aliphatic carbocycles. The molecule has 7 nitrogen and oxygen atoms in total. The molecule has 0 bridgehead atoms. The number of nitrogens with one attached hydrogen (secondary N) is 2. The molecule has 0 saturated heterocycles. The summed E-state index contributed by atoms with van der Waals surface area (Å²) >= 11 is 3.40. The Morgan fingerprint density at radius 1 is 1.36 bits per heavy atom. The van der Waals surface area contributed by atoms with Gasteiger partial charge in [0.15, 0.2) is 0 Å². The number of hydrogen-bond donors (Lipinski definition) is 2. The molecule has 8 heteroatoms. The minimum atomic E-state index is -0.386. The highest BCUT2D eigenvalue weighted by Crippen LogP contribution is 2.15. The van der Waals surface area contributed by atoms with Crippen molar-refractivity contribution in [3.05, 3.63) is 46.1 Å². The number of aromatic nitrogens is 2. The van der Waals surface area contributed by atoms with Gasteiger partial charge in [-0.25, -0.2) is 5.43 Å². The van der Waals surface area contributed by atoms with E-state index in [1.165, 1.54) is 0 Å². The van der Waals surface area contributed by atoms with Crippen molar-refractivity contribution in [1.82, 2.24) is 20.9 Å². The Morgan fingerprint density at radius 2 is 2.14 bits per heavy atom. The third-order valence-corrected chi connectivity index (χ3v) is 3.79. The van der Waals surface area contributed by atoms with E-state index >= 15 is 0 Å². The van der Waals surface area contributed by atoms with Gasteiger partial charge in [-0.15, -0.1) is 10.2 Å². The average molecular weight is 364 g/mol. The molecule has 2 N–H and O–H groups in total. The van der Waals surface area contributed by atoms with Gasteiger partial charge in [-0.3, -0.25) is 10.1 Å². The third-order valence-electron chi connectivity index (χ3n) is 3.26. The maximum absolute atomic E-state index is 11.9. The second-order valence-electron chi connectivity index (χ2n) is 4.89. The van der Waals surface area contributed by atoms with Gasteiger partial charge in [0, 0.05) is 17.8 Å². The Hall–Kier alpha value is -2.06. The largest absolute Gasteiger partial charge is 0.424 e. The van der Waals surface area contributed by atoms with Crippen LogP contribution in [0, 0.1) is 6.92 Å². The van der Waals surface area contributed by atoms with E-state index in [0.717, 1.165) is 15.7 Å². The number of nitrogens with zero attached hydrogens (tertiary/aromatic N) is 3. The quantitative estimate of drug-likeness (QED) is 0.858. The van der Waals surface area contributed by atoms with E-state index in [4.69, 9.17) is 4.42 Å². The van der Waals surface area contributed by atoms with Crippen LogP contribution < -0.4 is 10.7 Å². The fourth-order valence-electron chi connectivity index (χ4n) is 2.14. The smallest absolute Gasteiger partial charge is 0.257 e. The van der Waals surface area contributed by atoms with Crippen LogP contribution in [0.1, 0.15) is 23.8 Å². The minimum Gasteiger partial charge on any atom is -0.424 e. The number of rotatable bonds is 4.